The Labute approximate surface area is 101 Å². The summed E-state index contributed by atoms with van der Waals surface area (Å²) >= 11 is 0. The maximum atomic E-state index is 13.2. The van der Waals surface area contributed by atoms with Gasteiger partial charge in [-0.05, 0) is 12.1 Å². The molecule has 0 amide bonds. The lowest BCUT2D eigenvalue weighted by Crippen LogP contribution is -2.22. The number of H-pyrrole nitrogens is 1. The number of aliphatic hydroxyl groups is 1. The average molecular weight is 255 g/mol. The first kappa shape index (κ1) is 12.2. The van der Waals surface area contributed by atoms with Crippen LogP contribution in [0.3, 0.4) is 0 Å². The quantitative estimate of drug-likeness (QED) is 0.751. The molecule has 0 unspecified atom stereocenters. The fourth-order valence-corrected chi connectivity index (χ4v) is 1.48. The maximum Gasteiger partial charge on any atom is 0.250 e. The summed E-state index contributed by atoms with van der Waals surface area (Å²) in [5.74, 6) is -1.67. The van der Waals surface area contributed by atoms with Gasteiger partial charge in [-0.1, -0.05) is 0 Å². The molecular formula is C10H11F2N5O. The van der Waals surface area contributed by atoms with Gasteiger partial charge in [0.05, 0.1) is 6.61 Å². The van der Waals surface area contributed by atoms with Crippen molar-refractivity contribution in [3.63, 3.8) is 0 Å². The van der Waals surface area contributed by atoms with Crippen molar-refractivity contribution in [2.24, 2.45) is 0 Å². The van der Waals surface area contributed by atoms with Gasteiger partial charge in [-0.3, -0.25) is 0 Å². The van der Waals surface area contributed by atoms with E-state index in [9.17, 15) is 8.78 Å². The zero-order valence-electron chi connectivity index (χ0n) is 9.27. The molecule has 1 aromatic carbocycles. The summed E-state index contributed by atoms with van der Waals surface area (Å²) in [6, 6.07) is 3.35. The van der Waals surface area contributed by atoms with Crippen LogP contribution in [0.4, 0.5) is 26.4 Å². The lowest BCUT2D eigenvalue weighted by molar-refractivity contribution is 0.305. The number of aliphatic hydroxyl groups excluding tert-OH is 1. The predicted octanol–water partition coefficient (Wildman–Crippen LogP) is 0.796. The molecule has 2 aromatic rings. The molecule has 2 rings (SSSR count). The van der Waals surface area contributed by atoms with E-state index in [2.05, 4.69) is 15.2 Å². The van der Waals surface area contributed by atoms with Crippen LogP contribution in [0.2, 0.25) is 0 Å². The van der Waals surface area contributed by atoms with Crippen LogP contribution in [-0.2, 0) is 0 Å². The zero-order chi connectivity index (χ0) is 13.1. The van der Waals surface area contributed by atoms with E-state index in [-0.39, 0.29) is 25.0 Å². The first-order chi connectivity index (χ1) is 8.61. The number of halogens is 2. The molecule has 1 aromatic heterocycles. The minimum Gasteiger partial charge on any atom is -0.395 e. The second-order valence-electron chi connectivity index (χ2n) is 3.49. The van der Waals surface area contributed by atoms with Gasteiger partial charge in [0.15, 0.2) is 11.6 Å². The molecule has 1 heterocycles. The first-order valence-corrected chi connectivity index (χ1v) is 5.13. The van der Waals surface area contributed by atoms with Crippen molar-refractivity contribution in [2.75, 3.05) is 23.8 Å². The standard InChI is InChI=1S/C10H11F2N5O/c11-7-2-1-6(5-8(7)12)17(3-4-18)10-14-9(13)15-16-10/h1-2,5,18H,3-4H2,(H3,13,14,15,16). The van der Waals surface area contributed by atoms with Crippen molar-refractivity contribution in [3.8, 4) is 0 Å². The van der Waals surface area contributed by atoms with E-state index in [1.54, 1.807) is 0 Å². The molecule has 4 N–H and O–H groups in total. The summed E-state index contributed by atoms with van der Waals surface area (Å²) in [4.78, 5) is 5.28. The normalized spacial score (nSPS) is 10.6. The minimum atomic E-state index is -0.987. The highest BCUT2D eigenvalue weighted by Crippen LogP contribution is 2.23. The maximum absolute atomic E-state index is 13.2. The second-order valence-corrected chi connectivity index (χ2v) is 3.49. The largest absolute Gasteiger partial charge is 0.395 e. The van der Waals surface area contributed by atoms with Crippen molar-refractivity contribution in [2.45, 2.75) is 0 Å². The van der Waals surface area contributed by atoms with E-state index in [1.807, 2.05) is 0 Å². The number of aromatic nitrogens is 3. The number of nitrogens with one attached hydrogen (secondary N) is 1. The summed E-state index contributed by atoms with van der Waals surface area (Å²) in [5, 5.41) is 15.2. The van der Waals surface area contributed by atoms with Gasteiger partial charge in [0.25, 0.3) is 5.95 Å². The summed E-state index contributed by atoms with van der Waals surface area (Å²) < 4.78 is 26.0. The molecule has 0 bridgehead atoms. The van der Waals surface area contributed by atoms with Gasteiger partial charge in [0.2, 0.25) is 5.95 Å². The zero-order valence-corrected chi connectivity index (χ0v) is 9.27. The molecule has 0 atom stereocenters. The number of nitrogens with two attached hydrogens (primary N) is 1. The number of anilines is 3. The fraction of sp³-hybridized carbons (Fsp3) is 0.200. The average Bonchev–Trinajstić information content (AvgIpc) is 2.76. The van der Waals surface area contributed by atoms with Crippen molar-refractivity contribution in [1.29, 1.82) is 0 Å². The third-order valence-electron chi connectivity index (χ3n) is 2.27. The molecule has 0 aliphatic carbocycles. The summed E-state index contributed by atoms with van der Waals surface area (Å²) in [5.41, 5.74) is 5.71. The number of benzene rings is 1. The molecule has 96 valence electrons. The SMILES string of the molecule is Nc1nc(N(CCO)c2ccc(F)c(F)c2)n[nH]1. The van der Waals surface area contributed by atoms with Gasteiger partial charge in [-0.25, -0.2) is 13.9 Å². The Bertz CT molecular complexity index is 545. The Kier molecular flexibility index (Phi) is 3.38. The van der Waals surface area contributed by atoms with Crippen LogP contribution < -0.4 is 10.6 Å². The number of rotatable bonds is 4. The number of nitrogen functional groups attached to an aromatic ring is 1. The lowest BCUT2D eigenvalue weighted by Gasteiger charge is -2.19. The van der Waals surface area contributed by atoms with E-state index in [1.165, 1.54) is 11.0 Å². The van der Waals surface area contributed by atoms with Gasteiger partial charge in [-0.2, -0.15) is 4.98 Å². The van der Waals surface area contributed by atoms with Crippen LogP contribution >= 0.6 is 0 Å². The Hall–Kier alpha value is -2.22. The highest BCUT2D eigenvalue weighted by atomic mass is 19.2. The van der Waals surface area contributed by atoms with Crippen LogP contribution in [0, 0.1) is 11.6 Å². The second kappa shape index (κ2) is 4.96. The molecule has 6 nitrogen and oxygen atoms in total. The Morgan fingerprint density at radius 1 is 1.33 bits per heavy atom. The van der Waals surface area contributed by atoms with Crippen molar-refractivity contribution < 1.29 is 13.9 Å². The lowest BCUT2D eigenvalue weighted by atomic mass is 10.2. The Balaban J connectivity index is 2.37. The molecule has 0 spiro atoms. The fourth-order valence-electron chi connectivity index (χ4n) is 1.48. The van der Waals surface area contributed by atoms with E-state index < -0.39 is 11.6 Å². The van der Waals surface area contributed by atoms with Crippen molar-refractivity contribution in [3.05, 3.63) is 29.8 Å². The molecule has 0 fully saturated rings. The van der Waals surface area contributed by atoms with Gasteiger partial charge in [0.1, 0.15) is 0 Å². The number of hydrogen-bond donors (Lipinski definition) is 3. The van der Waals surface area contributed by atoms with Crippen LogP contribution in [0.5, 0.6) is 0 Å². The molecule has 0 aliphatic rings. The molecule has 18 heavy (non-hydrogen) atoms. The van der Waals surface area contributed by atoms with Crippen molar-refractivity contribution in [1.82, 2.24) is 15.2 Å². The molecule has 0 radical (unpaired) electrons. The first-order valence-electron chi connectivity index (χ1n) is 5.13. The van der Waals surface area contributed by atoms with Gasteiger partial charge >= 0.3 is 0 Å². The molecule has 0 aliphatic heterocycles. The van der Waals surface area contributed by atoms with Gasteiger partial charge in [-0.15, -0.1) is 5.10 Å². The number of hydrogen-bond acceptors (Lipinski definition) is 5. The van der Waals surface area contributed by atoms with Crippen LogP contribution in [-0.4, -0.2) is 33.4 Å². The van der Waals surface area contributed by atoms with E-state index in [4.69, 9.17) is 10.8 Å². The highest BCUT2D eigenvalue weighted by Gasteiger charge is 2.15. The highest BCUT2D eigenvalue weighted by molar-refractivity contribution is 5.57. The third kappa shape index (κ3) is 2.38. The monoisotopic (exact) mass is 255 g/mol. The van der Waals surface area contributed by atoms with Crippen LogP contribution in [0.1, 0.15) is 0 Å². The molecular weight excluding hydrogens is 244 g/mol. The van der Waals surface area contributed by atoms with Gasteiger partial charge in [0, 0.05) is 18.3 Å². The number of nitrogens with zero attached hydrogens (tertiary/aromatic N) is 3. The smallest absolute Gasteiger partial charge is 0.250 e. The molecule has 0 saturated carbocycles. The molecule has 8 heteroatoms. The van der Waals surface area contributed by atoms with Crippen LogP contribution in [0.15, 0.2) is 18.2 Å². The summed E-state index contributed by atoms with van der Waals surface area (Å²) in [6.07, 6.45) is 0. The predicted molar refractivity (Wildman–Crippen MR) is 61.2 cm³/mol. The summed E-state index contributed by atoms with van der Waals surface area (Å²) in [6.45, 7) is -0.0736. The van der Waals surface area contributed by atoms with Crippen LogP contribution in [0.25, 0.3) is 0 Å². The minimum absolute atomic E-state index is 0.0931. The van der Waals surface area contributed by atoms with E-state index >= 15 is 0 Å². The van der Waals surface area contributed by atoms with E-state index in [0.29, 0.717) is 5.69 Å². The number of aromatic amines is 1. The third-order valence-corrected chi connectivity index (χ3v) is 2.27. The van der Waals surface area contributed by atoms with Crippen molar-refractivity contribution >= 4 is 17.6 Å². The Morgan fingerprint density at radius 2 is 2.11 bits per heavy atom. The Morgan fingerprint density at radius 3 is 2.67 bits per heavy atom. The van der Waals surface area contributed by atoms with E-state index in [0.717, 1.165) is 12.1 Å². The topological polar surface area (TPSA) is 91.1 Å². The van der Waals surface area contributed by atoms with Gasteiger partial charge < -0.3 is 15.7 Å². The summed E-state index contributed by atoms with van der Waals surface area (Å²) in [7, 11) is 0. The molecule has 0 saturated heterocycles.